The Morgan fingerprint density at radius 2 is 1.82 bits per heavy atom. The van der Waals surface area contributed by atoms with Crippen LogP contribution in [0, 0.1) is 20.8 Å². The first-order valence-corrected chi connectivity index (χ1v) is 7.50. The van der Waals surface area contributed by atoms with E-state index < -0.39 is 0 Å². The Morgan fingerprint density at radius 3 is 2.55 bits per heavy atom. The van der Waals surface area contributed by atoms with Gasteiger partial charge in [0.25, 0.3) is 5.91 Å². The average molecular weight is 297 g/mol. The highest BCUT2D eigenvalue weighted by Crippen LogP contribution is 2.15. The van der Waals surface area contributed by atoms with Crippen LogP contribution >= 0.6 is 0 Å². The fraction of sp³-hybridized carbons (Fsp3) is 0.316. The third-order valence-electron chi connectivity index (χ3n) is 3.87. The largest absolute Gasteiger partial charge is 0.492 e. The summed E-state index contributed by atoms with van der Waals surface area (Å²) < 4.78 is 5.70. The summed E-state index contributed by atoms with van der Waals surface area (Å²) in [4.78, 5) is 14.2. The van der Waals surface area contributed by atoms with Crippen LogP contribution in [0.3, 0.4) is 0 Å². The van der Waals surface area contributed by atoms with Crippen molar-refractivity contribution in [2.24, 2.45) is 0 Å². The van der Waals surface area contributed by atoms with E-state index in [1.54, 1.807) is 4.90 Å². The summed E-state index contributed by atoms with van der Waals surface area (Å²) in [7, 11) is 1.81. The van der Waals surface area contributed by atoms with Crippen LogP contribution in [0.5, 0.6) is 5.75 Å². The van der Waals surface area contributed by atoms with Crippen LogP contribution < -0.4 is 4.74 Å². The van der Waals surface area contributed by atoms with Gasteiger partial charge in [0, 0.05) is 12.6 Å². The monoisotopic (exact) mass is 297 g/mol. The zero-order valence-electron chi connectivity index (χ0n) is 13.7. The molecule has 0 unspecified atom stereocenters. The van der Waals surface area contributed by atoms with E-state index in [2.05, 4.69) is 0 Å². The van der Waals surface area contributed by atoms with Crippen molar-refractivity contribution in [3.05, 3.63) is 64.7 Å². The SMILES string of the molecule is Cc1cccc(OCCN(C)C(=O)c2cccc(C)c2C)c1. The average Bonchev–Trinajstić information content (AvgIpc) is 2.49. The van der Waals surface area contributed by atoms with Crippen molar-refractivity contribution in [3.63, 3.8) is 0 Å². The maximum absolute atomic E-state index is 12.5. The molecule has 0 heterocycles. The van der Waals surface area contributed by atoms with Crippen LogP contribution in [-0.2, 0) is 0 Å². The van der Waals surface area contributed by atoms with Gasteiger partial charge >= 0.3 is 0 Å². The molecule has 0 fully saturated rings. The van der Waals surface area contributed by atoms with E-state index in [9.17, 15) is 4.79 Å². The summed E-state index contributed by atoms with van der Waals surface area (Å²) in [5.41, 5.74) is 4.10. The molecule has 0 bridgehead atoms. The Hall–Kier alpha value is -2.29. The summed E-state index contributed by atoms with van der Waals surface area (Å²) in [6.07, 6.45) is 0. The molecule has 0 saturated carbocycles. The molecule has 0 N–H and O–H groups in total. The molecule has 0 radical (unpaired) electrons. The first-order valence-electron chi connectivity index (χ1n) is 7.50. The van der Waals surface area contributed by atoms with Gasteiger partial charge in [-0.15, -0.1) is 0 Å². The fourth-order valence-electron chi connectivity index (χ4n) is 2.30. The highest BCUT2D eigenvalue weighted by Gasteiger charge is 2.14. The molecule has 22 heavy (non-hydrogen) atoms. The summed E-state index contributed by atoms with van der Waals surface area (Å²) in [6, 6.07) is 13.7. The second kappa shape index (κ2) is 7.12. The van der Waals surface area contributed by atoms with Crippen LogP contribution in [0.4, 0.5) is 0 Å². The van der Waals surface area contributed by atoms with Crippen LogP contribution in [0.2, 0.25) is 0 Å². The van der Waals surface area contributed by atoms with Gasteiger partial charge in [0.2, 0.25) is 0 Å². The minimum absolute atomic E-state index is 0.0362. The first-order chi connectivity index (χ1) is 10.5. The molecule has 0 aliphatic rings. The van der Waals surface area contributed by atoms with Crippen molar-refractivity contribution in [1.29, 1.82) is 0 Å². The quantitative estimate of drug-likeness (QED) is 0.841. The van der Waals surface area contributed by atoms with E-state index >= 15 is 0 Å². The van der Waals surface area contributed by atoms with Crippen molar-refractivity contribution < 1.29 is 9.53 Å². The van der Waals surface area contributed by atoms with Gasteiger partial charge in [0.15, 0.2) is 0 Å². The van der Waals surface area contributed by atoms with Gasteiger partial charge in [-0.25, -0.2) is 0 Å². The van der Waals surface area contributed by atoms with Gasteiger partial charge in [0.05, 0.1) is 6.54 Å². The number of ether oxygens (including phenoxy) is 1. The Kier molecular flexibility index (Phi) is 5.21. The van der Waals surface area contributed by atoms with Crippen LogP contribution in [0.1, 0.15) is 27.0 Å². The molecule has 116 valence electrons. The Bertz CT molecular complexity index is 664. The maximum Gasteiger partial charge on any atom is 0.253 e. The van der Waals surface area contributed by atoms with E-state index in [-0.39, 0.29) is 5.91 Å². The van der Waals surface area contributed by atoms with Gasteiger partial charge in [-0.2, -0.15) is 0 Å². The predicted octanol–water partition coefficient (Wildman–Crippen LogP) is 3.76. The lowest BCUT2D eigenvalue weighted by Gasteiger charge is -2.19. The number of amides is 1. The smallest absolute Gasteiger partial charge is 0.253 e. The molecular formula is C19H23NO2. The molecule has 1 amide bonds. The molecule has 0 saturated heterocycles. The number of hydrogen-bond acceptors (Lipinski definition) is 2. The molecule has 2 aromatic carbocycles. The molecule has 3 heteroatoms. The second-order valence-electron chi connectivity index (χ2n) is 5.64. The van der Waals surface area contributed by atoms with Crippen molar-refractivity contribution in [2.45, 2.75) is 20.8 Å². The normalized spacial score (nSPS) is 10.4. The summed E-state index contributed by atoms with van der Waals surface area (Å²) >= 11 is 0. The molecule has 3 nitrogen and oxygen atoms in total. The van der Waals surface area contributed by atoms with Crippen molar-refractivity contribution >= 4 is 5.91 Å². The number of rotatable bonds is 5. The first kappa shape index (κ1) is 16.1. The van der Waals surface area contributed by atoms with Gasteiger partial charge in [-0.05, 0) is 55.7 Å². The minimum atomic E-state index is 0.0362. The molecule has 2 aromatic rings. The molecule has 0 aliphatic heterocycles. The summed E-state index contributed by atoms with van der Waals surface area (Å²) in [5.74, 6) is 0.877. The van der Waals surface area contributed by atoms with E-state index in [4.69, 9.17) is 4.74 Å². The van der Waals surface area contributed by atoms with Gasteiger partial charge in [-0.1, -0.05) is 24.3 Å². The molecule has 0 spiro atoms. The number of hydrogen-bond donors (Lipinski definition) is 0. The zero-order chi connectivity index (χ0) is 16.1. The van der Waals surface area contributed by atoms with Crippen LogP contribution in [0.25, 0.3) is 0 Å². The molecule has 0 atom stereocenters. The van der Waals surface area contributed by atoms with E-state index in [0.29, 0.717) is 13.2 Å². The topological polar surface area (TPSA) is 29.5 Å². The van der Waals surface area contributed by atoms with E-state index in [0.717, 1.165) is 28.0 Å². The van der Waals surface area contributed by atoms with Crippen molar-refractivity contribution in [1.82, 2.24) is 4.90 Å². The standard InChI is InChI=1S/C19H23NO2/c1-14-7-5-9-17(13-14)22-12-11-20(4)19(21)18-10-6-8-15(2)16(18)3/h5-10,13H,11-12H2,1-4H3. The second-order valence-corrected chi connectivity index (χ2v) is 5.64. The number of carbonyl (C=O) groups excluding carboxylic acids is 1. The molecule has 0 aliphatic carbocycles. The Labute approximate surface area is 132 Å². The minimum Gasteiger partial charge on any atom is -0.492 e. The maximum atomic E-state index is 12.5. The lowest BCUT2D eigenvalue weighted by molar-refractivity contribution is 0.0773. The molecule has 2 rings (SSSR count). The van der Waals surface area contributed by atoms with Crippen molar-refractivity contribution in [2.75, 3.05) is 20.2 Å². The number of likely N-dealkylation sites (N-methyl/N-ethyl adjacent to an activating group) is 1. The lowest BCUT2D eigenvalue weighted by Crippen LogP contribution is -2.31. The van der Waals surface area contributed by atoms with E-state index in [1.807, 2.05) is 70.3 Å². The van der Waals surface area contributed by atoms with Gasteiger partial charge in [-0.3, -0.25) is 4.79 Å². The number of benzene rings is 2. The Balaban J connectivity index is 1.93. The van der Waals surface area contributed by atoms with Crippen LogP contribution in [0.15, 0.2) is 42.5 Å². The van der Waals surface area contributed by atoms with Crippen LogP contribution in [-0.4, -0.2) is 31.0 Å². The molecular weight excluding hydrogens is 274 g/mol. The number of aryl methyl sites for hydroxylation is 2. The summed E-state index contributed by atoms with van der Waals surface area (Å²) in [6.45, 7) is 7.08. The third-order valence-corrected chi connectivity index (χ3v) is 3.87. The number of carbonyl (C=O) groups is 1. The molecule has 0 aromatic heterocycles. The van der Waals surface area contributed by atoms with Gasteiger partial charge < -0.3 is 9.64 Å². The summed E-state index contributed by atoms with van der Waals surface area (Å²) in [5, 5.41) is 0. The van der Waals surface area contributed by atoms with Gasteiger partial charge in [0.1, 0.15) is 12.4 Å². The third kappa shape index (κ3) is 3.88. The zero-order valence-corrected chi connectivity index (χ0v) is 13.7. The predicted molar refractivity (Wildman–Crippen MR) is 89.6 cm³/mol. The highest BCUT2D eigenvalue weighted by atomic mass is 16.5. The van der Waals surface area contributed by atoms with E-state index in [1.165, 1.54) is 0 Å². The number of nitrogens with zero attached hydrogens (tertiary/aromatic N) is 1. The fourth-order valence-corrected chi connectivity index (χ4v) is 2.30. The lowest BCUT2D eigenvalue weighted by atomic mass is 10.0. The Morgan fingerprint density at radius 1 is 1.09 bits per heavy atom. The highest BCUT2D eigenvalue weighted by molar-refractivity contribution is 5.95. The van der Waals surface area contributed by atoms with Crippen molar-refractivity contribution in [3.8, 4) is 5.75 Å².